The van der Waals surface area contributed by atoms with Crippen molar-refractivity contribution in [2.24, 2.45) is 0 Å². The summed E-state index contributed by atoms with van der Waals surface area (Å²) in [6.07, 6.45) is 0. The smallest absolute Gasteiger partial charge is 0.356 e. The largest absolute Gasteiger partial charge is 0.461 e. The molecule has 8 nitrogen and oxygen atoms in total. The minimum absolute atomic E-state index is 0.0901. The van der Waals surface area contributed by atoms with Crippen LogP contribution in [0.15, 0.2) is 35.1 Å². The van der Waals surface area contributed by atoms with E-state index < -0.39 is 17.6 Å². The minimum atomic E-state index is -0.722. The van der Waals surface area contributed by atoms with Gasteiger partial charge in [0.05, 0.1) is 18.1 Å². The molecular formula is C16H16N2O6S. The molecule has 1 heterocycles. The maximum absolute atomic E-state index is 11.9. The van der Waals surface area contributed by atoms with Gasteiger partial charge in [0.2, 0.25) is 5.12 Å². The first-order chi connectivity index (χ1) is 12.0. The number of imidazole rings is 1. The zero-order valence-electron chi connectivity index (χ0n) is 13.4. The van der Waals surface area contributed by atoms with Crippen molar-refractivity contribution in [3.8, 4) is 0 Å². The van der Waals surface area contributed by atoms with E-state index in [1.165, 1.54) is 0 Å². The maximum atomic E-state index is 11.9. The Morgan fingerprint density at radius 1 is 1.08 bits per heavy atom. The van der Waals surface area contributed by atoms with Crippen LogP contribution in [0.1, 0.15) is 33.5 Å². The Morgan fingerprint density at radius 2 is 1.80 bits per heavy atom. The van der Waals surface area contributed by atoms with Gasteiger partial charge >= 0.3 is 17.6 Å². The van der Waals surface area contributed by atoms with Crippen molar-refractivity contribution in [2.75, 3.05) is 12.4 Å². The number of thioether (sulfide) groups is 1. The molecule has 9 heteroatoms. The summed E-state index contributed by atoms with van der Waals surface area (Å²) in [5, 5.41) is -0.250. The number of aromatic amines is 2. The van der Waals surface area contributed by atoms with Crippen molar-refractivity contribution in [3.05, 3.63) is 57.8 Å². The number of ether oxygens (including phenoxy) is 2. The lowest BCUT2D eigenvalue weighted by Gasteiger charge is -2.05. The Morgan fingerprint density at radius 3 is 2.48 bits per heavy atom. The number of benzene rings is 1. The second-order valence-electron chi connectivity index (χ2n) is 4.76. The Bertz CT molecular complexity index is 812. The first-order valence-electron chi connectivity index (χ1n) is 7.37. The van der Waals surface area contributed by atoms with Crippen molar-refractivity contribution < 1.29 is 23.9 Å². The maximum Gasteiger partial charge on any atom is 0.356 e. The third-order valence-electron chi connectivity index (χ3n) is 2.99. The molecule has 2 N–H and O–H groups in total. The summed E-state index contributed by atoms with van der Waals surface area (Å²) in [5.74, 6) is -1.55. The van der Waals surface area contributed by atoms with Gasteiger partial charge in [-0.3, -0.25) is 14.6 Å². The second-order valence-corrected chi connectivity index (χ2v) is 5.70. The summed E-state index contributed by atoms with van der Waals surface area (Å²) in [6, 6.07) is 8.54. The van der Waals surface area contributed by atoms with E-state index in [4.69, 9.17) is 9.47 Å². The molecule has 2 rings (SSSR count). The van der Waals surface area contributed by atoms with Crippen LogP contribution in [0.25, 0.3) is 0 Å². The van der Waals surface area contributed by atoms with Crippen molar-refractivity contribution in [2.45, 2.75) is 13.5 Å². The average Bonchev–Trinajstić information content (AvgIpc) is 2.99. The number of hydrogen-bond acceptors (Lipinski definition) is 7. The molecule has 0 fully saturated rings. The number of esters is 2. The first kappa shape index (κ1) is 18.5. The van der Waals surface area contributed by atoms with Crippen molar-refractivity contribution >= 4 is 28.8 Å². The van der Waals surface area contributed by atoms with Gasteiger partial charge < -0.3 is 14.5 Å². The molecule has 0 amide bonds. The van der Waals surface area contributed by atoms with Crippen molar-refractivity contribution in [3.63, 3.8) is 0 Å². The number of rotatable bonds is 7. The lowest BCUT2D eigenvalue weighted by molar-refractivity contribution is -0.141. The molecule has 0 radical (unpaired) electrons. The predicted molar refractivity (Wildman–Crippen MR) is 90.4 cm³/mol. The minimum Gasteiger partial charge on any atom is -0.461 e. The van der Waals surface area contributed by atoms with E-state index in [1.807, 2.05) is 0 Å². The van der Waals surface area contributed by atoms with E-state index in [9.17, 15) is 19.2 Å². The molecule has 0 saturated heterocycles. The topological polar surface area (TPSA) is 118 Å². The van der Waals surface area contributed by atoms with Gasteiger partial charge in [-0.2, -0.15) is 0 Å². The molecule has 0 bridgehead atoms. The number of carbonyl (C=O) groups excluding carboxylic acids is 3. The highest BCUT2D eigenvalue weighted by Crippen LogP contribution is 2.13. The second kappa shape index (κ2) is 8.88. The molecule has 0 spiro atoms. The molecule has 0 atom stereocenters. The predicted octanol–water partition coefficient (Wildman–Crippen LogP) is 1.50. The standard InChI is InChI=1S/C16H16N2O6S/c1-2-23-14(20)13-11(17-16(22)18-13)8-24-12(19)9-25-15(21)10-6-4-3-5-7-10/h3-7H,2,8-9H2,1H3,(H2,17,18,22). The van der Waals surface area contributed by atoms with Gasteiger partial charge in [0.15, 0.2) is 5.69 Å². The molecule has 0 aliphatic carbocycles. The summed E-state index contributed by atoms with van der Waals surface area (Å²) >= 11 is 0.812. The zero-order valence-corrected chi connectivity index (χ0v) is 14.2. The highest BCUT2D eigenvalue weighted by Gasteiger charge is 2.18. The quantitative estimate of drug-likeness (QED) is 0.715. The molecule has 1 aromatic carbocycles. The third kappa shape index (κ3) is 5.35. The summed E-state index contributed by atoms with van der Waals surface area (Å²) in [6.45, 7) is 1.46. The highest BCUT2D eigenvalue weighted by atomic mass is 32.2. The van der Waals surface area contributed by atoms with Gasteiger partial charge in [0.1, 0.15) is 6.61 Å². The van der Waals surface area contributed by atoms with Gasteiger partial charge in [-0.1, -0.05) is 42.1 Å². The molecule has 0 unspecified atom stereocenters. The fourth-order valence-corrected chi connectivity index (χ4v) is 2.52. The van der Waals surface area contributed by atoms with Crippen LogP contribution in [0.5, 0.6) is 0 Å². The van der Waals surface area contributed by atoms with Crippen LogP contribution in [0.4, 0.5) is 0 Å². The number of carbonyl (C=O) groups is 3. The number of nitrogens with one attached hydrogen (secondary N) is 2. The van der Waals surface area contributed by atoms with Crippen molar-refractivity contribution in [1.82, 2.24) is 9.97 Å². The van der Waals surface area contributed by atoms with E-state index in [-0.39, 0.29) is 35.5 Å². The summed E-state index contributed by atoms with van der Waals surface area (Å²) < 4.78 is 9.79. The van der Waals surface area contributed by atoms with Gasteiger partial charge in [-0.25, -0.2) is 9.59 Å². The van der Waals surface area contributed by atoms with Gasteiger partial charge in [-0.05, 0) is 6.92 Å². The van der Waals surface area contributed by atoms with Crippen LogP contribution in [-0.2, 0) is 20.9 Å². The van der Waals surface area contributed by atoms with Crippen LogP contribution in [-0.4, -0.2) is 39.4 Å². The summed E-state index contributed by atoms with van der Waals surface area (Å²) in [5.41, 5.74) is -0.105. The van der Waals surface area contributed by atoms with Gasteiger partial charge in [-0.15, -0.1) is 0 Å². The molecule has 2 aromatic rings. The molecule has 0 aliphatic heterocycles. The number of aromatic nitrogens is 2. The van der Waals surface area contributed by atoms with Gasteiger partial charge in [0, 0.05) is 5.56 Å². The van der Waals surface area contributed by atoms with E-state index in [2.05, 4.69) is 9.97 Å². The Hall–Kier alpha value is -2.81. The SMILES string of the molecule is CCOC(=O)c1[nH]c(=O)[nH]c1COC(=O)CSC(=O)c1ccccc1. The normalized spacial score (nSPS) is 10.3. The zero-order chi connectivity index (χ0) is 18.2. The van der Waals surface area contributed by atoms with Crippen LogP contribution >= 0.6 is 11.8 Å². The Balaban J connectivity index is 1.87. The van der Waals surface area contributed by atoms with E-state index in [0.29, 0.717) is 5.56 Å². The first-order valence-corrected chi connectivity index (χ1v) is 8.36. The third-order valence-corrected chi connectivity index (χ3v) is 3.87. The fraction of sp³-hybridized carbons (Fsp3) is 0.250. The molecule has 132 valence electrons. The molecule has 0 aliphatic rings. The average molecular weight is 364 g/mol. The Labute approximate surface area is 146 Å². The summed E-state index contributed by atoms with van der Waals surface area (Å²) in [7, 11) is 0. The van der Waals surface area contributed by atoms with Crippen LogP contribution in [0, 0.1) is 0 Å². The molecular weight excluding hydrogens is 348 g/mol. The summed E-state index contributed by atoms with van der Waals surface area (Å²) in [4.78, 5) is 51.3. The molecule has 0 saturated carbocycles. The van der Waals surface area contributed by atoms with E-state index >= 15 is 0 Å². The van der Waals surface area contributed by atoms with Gasteiger partial charge in [0.25, 0.3) is 0 Å². The van der Waals surface area contributed by atoms with E-state index in [0.717, 1.165) is 11.8 Å². The monoisotopic (exact) mass is 364 g/mol. The number of hydrogen-bond donors (Lipinski definition) is 2. The molecule has 25 heavy (non-hydrogen) atoms. The number of H-pyrrole nitrogens is 2. The fourth-order valence-electron chi connectivity index (χ4n) is 1.88. The lowest BCUT2D eigenvalue weighted by Crippen LogP contribution is -2.13. The highest BCUT2D eigenvalue weighted by molar-refractivity contribution is 8.14. The molecule has 1 aromatic heterocycles. The van der Waals surface area contributed by atoms with Crippen molar-refractivity contribution in [1.29, 1.82) is 0 Å². The van der Waals surface area contributed by atoms with Crippen LogP contribution in [0.3, 0.4) is 0 Å². The van der Waals surface area contributed by atoms with Crippen LogP contribution < -0.4 is 5.69 Å². The van der Waals surface area contributed by atoms with E-state index in [1.54, 1.807) is 37.3 Å². The lowest BCUT2D eigenvalue weighted by atomic mass is 10.2. The van der Waals surface area contributed by atoms with Crippen LogP contribution in [0.2, 0.25) is 0 Å². The Kier molecular flexibility index (Phi) is 6.58.